The van der Waals surface area contributed by atoms with E-state index in [1.165, 1.54) is 14.0 Å². The SMILES string of the molecule is CNC(CCC(=O)NC(CCC(C)=O)C(=O)O)C(=O)O.[NH2-].[NH2-].[Pt+2]. The maximum Gasteiger partial charge on any atom is 2.00 e. The van der Waals surface area contributed by atoms with Gasteiger partial charge >= 0.3 is 33.0 Å². The van der Waals surface area contributed by atoms with Crippen molar-refractivity contribution in [3.63, 3.8) is 0 Å². The van der Waals surface area contributed by atoms with E-state index >= 15 is 0 Å². The molecule has 1 amide bonds. The number of nitrogens with two attached hydrogens (primary N) is 2. The van der Waals surface area contributed by atoms with Gasteiger partial charge in [-0.2, -0.15) is 0 Å². The zero-order chi connectivity index (χ0) is 15.7. The molecule has 0 radical (unpaired) electrons. The number of ketones is 1. The number of hydrogen-bond donors (Lipinski definition) is 4. The van der Waals surface area contributed by atoms with Crippen LogP contribution in [0, 0.1) is 0 Å². The predicted molar refractivity (Wildman–Crippen MR) is 79.8 cm³/mol. The number of carboxylic acid groups (broad SMARTS) is 2. The summed E-state index contributed by atoms with van der Waals surface area (Å²) >= 11 is 0. The van der Waals surface area contributed by atoms with Crippen LogP contribution in [0.4, 0.5) is 0 Å². The van der Waals surface area contributed by atoms with Crippen LogP contribution in [0.1, 0.15) is 32.6 Å². The maximum absolute atomic E-state index is 11.6. The van der Waals surface area contributed by atoms with Crippen LogP contribution >= 0.6 is 0 Å². The first-order valence-corrected chi connectivity index (χ1v) is 6.19. The van der Waals surface area contributed by atoms with E-state index in [0.29, 0.717) is 0 Å². The molecule has 0 bridgehead atoms. The summed E-state index contributed by atoms with van der Waals surface area (Å²) in [5.74, 6) is -3.01. The van der Waals surface area contributed by atoms with Gasteiger partial charge in [0.15, 0.2) is 0 Å². The Morgan fingerprint density at radius 3 is 1.70 bits per heavy atom. The van der Waals surface area contributed by atoms with Gasteiger partial charge in [0.2, 0.25) is 5.91 Å². The number of amides is 1. The number of rotatable bonds is 10. The molecule has 0 rings (SSSR count). The second-order valence-corrected chi connectivity index (χ2v) is 4.42. The van der Waals surface area contributed by atoms with Gasteiger partial charge in [-0.25, -0.2) is 4.79 Å². The Hall–Kier alpha value is -1.35. The third-order valence-corrected chi connectivity index (χ3v) is 2.73. The van der Waals surface area contributed by atoms with Crippen LogP contribution in [-0.2, 0) is 40.2 Å². The van der Waals surface area contributed by atoms with E-state index < -0.39 is 29.9 Å². The monoisotopic (exact) mass is 515 g/mol. The molecule has 0 aromatic carbocycles. The molecule has 0 aliphatic rings. The molecule has 11 heteroatoms. The van der Waals surface area contributed by atoms with Crippen LogP contribution in [0.3, 0.4) is 0 Å². The van der Waals surface area contributed by atoms with Crippen molar-refractivity contribution in [3.8, 4) is 0 Å². The normalized spacial score (nSPS) is 11.6. The molecule has 8 N–H and O–H groups in total. The molecule has 2 unspecified atom stereocenters. The zero-order valence-corrected chi connectivity index (χ0v) is 15.3. The molecule has 0 heterocycles. The van der Waals surface area contributed by atoms with Gasteiger partial charge in [-0.15, -0.1) is 0 Å². The predicted octanol–water partition coefficient (Wildman–Crippen LogP) is 0.810. The first-order chi connectivity index (χ1) is 9.27. The van der Waals surface area contributed by atoms with Gasteiger partial charge in [-0.1, -0.05) is 0 Å². The number of carbonyl (C=O) groups excluding carboxylic acids is 2. The number of carboxylic acids is 2. The Labute approximate surface area is 149 Å². The number of nitrogens with one attached hydrogen (secondary N) is 2. The quantitative estimate of drug-likeness (QED) is 0.330. The fourth-order valence-corrected chi connectivity index (χ4v) is 1.54. The summed E-state index contributed by atoms with van der Waals surface area (Å²) in [5.41, 5.74) is 0. The van der Waals surface area contributed by atoms with E-state index in [-0.39, 0.29) is 64.8 Å². The summed E-state index contributed by atoms with van der Waals surface area (Å²) < 4.78 is 0. The molecule has 23 heavy (non-hydrogen) atoms. The topological polar surface area (TPSA) is 200 Å². The van der Waals surface area contributed by atoms with Crippen LogP contribution in [0.5, 0.6) is 0 Å². The minimum absolute atomic E-state index is 0. The van der Waals surface area contributed by atoms with Crippen molar-refractivity contribution in [2.45, 2.75) is 44.7 Å². The van der Waals surface area contributed by atoms with Gasteiger partial charge in [0.1, 0.15) is 17.9 Å². The molecule has 138 valence electrons. The Morgan fingerprint density at radius 2 is 1.35 bits per heavy atom. The Bertz CT molecular complexity index is 394. The number of Topliss-reactive ketones (excluding diaryl/α,β-unsaturated/α-hetero) is 1. The third-order valence-electron chi connectivity index (χ3n) is 2.73. The van der Waals surface area contributed by atoms with Crippen molar-refractivity contribution in [2.75, 3.05) is 7.05 Å². The molecule has 0 spiro atoms. The van der Waals surface area contributed by atoms with Crippen molar-refractivity contribution >= 4 is 23.6 Å². The van der Waals surface area contributed by atoms with Crippen molar-refractivity contribution in [2.24, 2.45) is 0 Å². The first kappa shape index (κ1) is 29.6. The van der Waals surface area contributed by atoms with Gasteiger partial charge in [-0.05, 0) is 26.8 Å². The number of hydrogen-bond acceptors (Lipinski definition) is 5. The fraction of sp³-hybridized carbons (Fsp3) is 0.667. The van der Waals surface area contributed by atoms with E-state index in [1.807, 2.05) is 0 Å². The number of carbonyl (C=O) groups is 4. The number of aliphatic carboxylic acids is 2. The zero-order valence-electron chi connectivity index (χ0n) is 13.0. The minimum atomic E-state index is -1.22. The molecule has 10 nitrogen and oxygen atoms in total. The second kappa shape index (κ2) is 15.5. The summed E-state index contributed by atoms with van der Waals surface area (Å²) in [4.78, 5) is 44.0. The fourth-order valence-electron chi connectivity index (χ4n) is 1.54. The smallest absolute Gasteiger partial charge is 0.693 e. The van der Waals surface area contributed by atoms with E-state index in [4.69, 9.17) is 10.2 Å². The summed E-state index contributed by atoms with van der Waals surface area (Å²) in [6, 6.07) is -1.99. The van der Waals surface area contributed by atoms with Crippen molar-refractivity contribution < 1.29 is 50.5 Å². The molecular weight excluding hydrogens is 491 g/mol. The van der Waals surface area contributed by atoms with Crippen molar-refractivity contribution in [1.82, 2.24) is 10.6 Å². The summed E-state index contributed by atoms with van der Waals surface area (Å²) in [6.07, 6.45) is 0.0225. The second-order valence-electron chi connectivity index (χ2n) is 4.42. The van der Waals surface area contributed by atoms with Crippen molar-refractivity contribution in [3.05, 3.63) is 12.3 Å². The van der Waals surface area contributed by atoms with E-state index in [9.17, 15) is 19.2 Å². The summed E-state index contributed by atoms with van der Waals surface area (Å²) in [7, 11) is 1.46. The van der Waals surface area contributed by atoms with E-state index in [0.717, 1.165) is 0 Å². The third kappa shape index (κ3) is 14.0. The van der Waals surface area contributed by atoms with Gasteiger partial charge < -0.3 is 37.9 Å². The van der Waals surface area contributed by atoms with Crippen LogP contribution in [0.2, 0.25) is 0 Å². The van der Waals surface area contributed by atoms with Gasteiger partial charge in [0.05, 0.1) is 0 Å². The van der Waals surface area contributed by atoms with E-state index in [2.05, 4.69) is 10.6 Å². The van der Waals surface area contributed by atoms with Gasteiger partial charge in [0.25, 0.3) is 0 Å². The standard InChI is InChI=1S/C12H20N2O6.2H2N.Pt/c1-7(15)3-4-9(12(19)20)14-10(16)6-5-8(13-2)11(17)18;;;/h8-9,13H,3-6H2,1-2H3,(H,14,16)(H,17,18)(H,19,20);2*1H2;/q;2*-1;+2. The van der Waals surface area contributed by atoms with Gasteiger partial charge in [0, 0.05) is 12.8 Å². The van der Waals surface area contributed by atoms with Gasteiger partial charge in [-0.3, -0.25) is 9.59 Å². The first-order valence-electron chi connectivity index (χ1n) is 6.19. The average Bonchev–Trinajstić information content (AvgIpc) is 2.34. The summed E-state index contributed by atoms with van der Waals surface area (Å²) in [6.45, 7) is 1.34. The largest absolute Gasteiger partial charge is 2.00 e. The Kier molecular flexibility index (Phi) is 20.0. The average molecular weight is 515 g/mol. The molecule has 0 saturated carbocycles. The Morgan fingerprint density at radius 1 is 0.913 bits per heavy atom. The number of likely N-dealkylation sites (N-methyl/N-ethyl adjacent to an activating group) is 1. The molecule has 0 fully saturated rings. The van der Waals surface area contributed by atoms with Crippen LogP contribution < -0.4 is 10.6 Å². The molecule has 0 saturated heterocycles. The van der Waals surface area contributed by atoms with E-state index in [1.54, 1.807) is 0 Å². The molecule has 2 atom stereocenters. The molecular formula is C12H24N4O6Pt. The summed E-state index contributed by atoms with van der Waals surface area (Å²) in [5, 5.41) is 22.5. The van der Waals surface area contributed by atoms with Crippen LogP contribution in [-0.4, -0.2) is 53.0 Å². The molecule has 0 aromatic rings. The molecule has 0 aliphatic heterocycles. The van der Waals surface area contributed by atoms with Crippen LogP contribution in [0.25, 0.3) is 12.3 Å². The van der Waals surface area contributed by atoms with Crippen molar-refractivity contribution in [1.29, 1.82) is 0 Å². The molecule has 0 aliphatic carbocycles. The maximum atomic E-state index is 11.6. The van der Waals surface area contributed by atoms with Crippen LogP contribution in [0.15, 0.2) is 0 Å². The minimum Gasteiger partial charge on any atom is -0.693 e. The molecule has 0 aromatic heterocycles. The Balaban J connectivity index is -0.000000602.